The highest BCUT2D eigenvalue weighted by molar-refractivity contribution is 7.89. The van der Waals surface area contributed by atoms with Crippen LogP contribution in [0.1, 0.15) is 41.1 Å². The zero-order valence-electron chi connectivity index (χ0n) is 20.0. The average molecular weight is 496 g/mol. The van der Waals surface area contributed by atoms with Gasteiger partial charge in [-0.2, -0.15) is 0 Å². The number of benzene rings is 3. The first kappa shape index (κ1) is 24.8. The Morgan fingerprint density at radius 1 is 1.06 bits per heavy atom. The lowest BCUT2D eigenvalue weighted by molar-refractivity contribution is -0.139. The van der Waals surface area contributed by atoms with E-state index in [1.807, 2.05) is 38.1 Å². The van der Waals surface area contributed by atoms with Crippen molar-refractivity contribution in [3.05, 3.63) is 76.9 Å². The summed E-state index contributed by atoms with van der Waals surface area (Å²) in [5, 5.41) is 8.95. The molecule has 3 aromatic carbocycles. The molecule has 0 radical (unpaired) electrons. The van der Waals surface area contributed by atoms with Crippen molar-refractivity contribution < 1.29 is 27.8 Å². The Morgan fingerprint density at radius 2 is 1.77 bits per heavy atom. The number of carboxylic acid groups (broad SMARTS) is 1. The maximum Gasteiger partial charge on any atom is 0.341 e. The molecule has 0 aliphatic heterocycles. The molecule has 0 fully saturated rings. The predicted octanol–water partition coefficient (Wildman–Crippen LogP) is 4.80. The zero-order valence-corrected chi connectivity index (χ0v) is 20.8. The third-order valence-corrected chi connectivity index (χ3v) is 7.72. The van der Waals surface area contributed by atoms with Gasteiger partial charge < -0.3 is 14.6 Å². The highest BCUT2D eigenvalue weighted by Crippen LogP contribution is 2.37. The van der Waals surface area contributed by atoms with Gasteiger partial charge in [0, 0.05) is 6.04 Å². The molecule has 35 heavy (non-hydrogen) atoms. The second-order valence-corrected chi connectivity index (χ2v) is 10.5. The Bertz CT molecular complexity index is 1340. The van der Waals surface area contributed by atoms with Crippen molar-refractivity contribution in [3.8, 4) is 22.6 Å². The van der Waals surface area contributed by atoms with Crippen LogP contribution in [-0.4, -0.2) is 33.2 Å². The number of aliphatic carboxylic acids is 1. The summed E-state index contributed by atoms with van der Waals surface area (Å²) in [6.07, 6.45) is 2.11. The lowest BCUT2D eigenvalue weighted by Gasteiger charge is -2.27. The van der Waals surface area contributed by atoms with Crippen molar-refractivity contribution >= 4 is 16.0 Å². The Labute approximate surface area is 205 Å². The normalized spacial score (nSPS) is 15.3. The summed E-state index contributed by atoms with van der Waals surface area (Å²) in [5.74, 6) is 0.251. The molecule has 7 nitrogen and oxygen atoms in total. The van der Waals surface area contributed by atoms with Crippen LogP contribution in [0.15, 0.2) is 59.5 Å². The van der Waals surface area contributed by atoms with Crippen molar-refractivity contribution in [1.82, 2.24) is 4.72 Å². The van der Waals surface area contributed by atoms with Crippen LogP contribution < -0.4 is 14.2 Å². The van der Waals surface area contributed by atoms with E-state index in [4.69, 9.17) is 14.6 Å². The predicted molar refractivity (Wildman–Crippen MR) is 133 cm³/mol. The number of ether oxygens (including phenoxy) is 2. The maximum absolute atomic E-state index is 13.4. The number of hydrogen-bond acceptors (Lipinski definition) is 5. The number of nitrogens with one attached hydrogen (secondary N) is 1. The van der Waals surface area contributed by atoms with Crippen molar-refractivity contribution in [3.63, 3.8) is 0 Å². The summed E-state index contributed by atoms with van der Waals surface area (Å²) >= 11 is 0. The van der Waals surface area contributed by atoms with E-state index in [9.17, 15) is 13.2 Å². The number of hydrogen-bond donors (Lipinski definition) is 2. The van der Waals surface area contributed by atoms with Crippen molar-refractivity contribution in [2.45, 2.75) is 44.0 Å². The van der Waals surface area contributed by atoms with Gasteiger partial charge in [-0.25, -0.2) is 17.9 Å². The number of rotatable bonds is 8. The topological polar surface area (TPSA) is 102 Å². The number of sulfonamides is 1. The number of methoxy groups -OCH3 is 1. The van der Waals surface area contributed by atoms with E-state index in [1.165, 1.54) is 0 Å². The van der Waals surface area contributed by atoms with Gasteiger partial charge in [0.25, 0.3) is 0 Å². The van der Waals surface area contributed by atoms with Gasteiger partial charge in [0.2, 0.25) is 10.0 Å². The smallest absolute Gasteiger partial charge is 0.341 e. The SMILES string of the molecule is COc1c(C)cc(-c2cccc(S(=O)(=O)N[C@@H]3CCCc4c(OCC(=O)O)cccc43)c2)cc1C. The molecule has 0 unspecified atom stereocenters. The lowest BCUT2D eigenvalue weighted by atomic mass is 9.87. The molecule has 184 valence electrons. The van der Waals surface area contributed by atoms with Crippen molar-refractivity contribution in [1.29, 1.82) is 0 Å². The second kappa shape index (κ2) is 10.1. The third-order valence-electron chi connectivity index (χ3n) is 6.25. The molecule has 0 amide bonds. The van der Waals surface area contributed by atoms with Crippen LogP contribution in [0.25, 0.3) is 11.1 Å². The van der Waals surface area contributed by atoms with Gasteiger partial charge in [0.15, 0.2) is 6.61 Å². The molecule has 1 aliphatic carbocycles. The van der Waals surface area contributed by atoms with E-state index in [2.05, 4.69) is 4.72 Å². The highest BCUT2D eigenvalue weighted by Gasteiger charge is 2.28. The molecule has 0 aromatic heterocycles. The van der Waals surface area contributed by atoms with Gasteiger partial charge in [0.1, 0.15) is 11.5 Å². The van der Waals surface area contributed by atoms with Gasteiger partial charge >= 0.3 is 5.97 Å². The molecule has 0 saturated heterocycles. The number of fused-ring (bicyclic) bond motifs is 1. The Balaban J connectivity index is 1.62. The minimum atomic E-state index is -3.81. The average Bonchev–Trinajstić information content (AvgIpc) is 2.82. The standard InChI is InChI=1S/C27H29NO6S/c1-17-13-20(14-18(2)27(17)33-3)19-7-4-8-21(15-19)35(31,32)28-24-11-5-10-23-22(24)9-6-12-25(23)34-16-26(29)30/h4,6-9,12-15,24,28H,5,10-11,16H2,1-3H3,(H,29,30)/t24-/m1/s1. The van der Waals surface area contributed by atoms with E-state index in [0.717, 1.165) is 45.6 Å². The van der Waals surface area contributed by atoms with E-state index in [1.54, 1.807) is 37.4 Å². The third kappa shape index (κ3) is 5.33. The zero-order chi connectivity index (χ0) is 25.2. The van der Waals surface area contributed by atoms with Gasteiger partial charge in [-0.3, -0.25) is 0 Å². The first-order chi connectivity index (χ1) is 16.7. The first-order valence-electron chi connectivity index (χ1n) is 11.4. The van der Waals surface area contributed by atoms with E-state index < -0.39 is 28.6 Å². The van der Waals surface area contributed by atoms with Crippen molar-refractivity contribution in [2.24, 2.45) is 0 Å². The van der Waals surface area contributed by atoms with Crippen LogP contribution >= 0.6 is 0 Å². The van der Waals surface area contributed by atoms with Crippen LogP contribution in [0, 0.1) is 13.8 Å². The van der Waals surface area contributed by atoms with E-state index >= 15 is 0 Å². The molecular weight excluding hydrogens is 466 g/mol. The molecular formula is C27H29NO6S. The number of aryl methyl sites for hydroxylation is 2. The summed E-state index contributed by atoms with van der Waals surface area (Å²) in [4.78, 5) is 11.1. The summed E-state index contributed by atoms with van der Waals surface area (Å²) in [7, 11) is -2.18. The Hall–Kier alpha value is -3.36. The number of carbonyl (C=O) groups is 1. The van der Waals surface area contributed by atoms with Gasteiger partial charge in [-0.15, -0.1) is 0 Å². The summed E-state index contributed by atoms with van der Waals surface area (Å²) < 4.78 is 40.5. The molecule has 0 heterocycles. The summed E-state index contributed by atoms with van der Waals surface area (Å²) in [5.41, 5.74) is 5.35. The molecule has 2 N–H and O–H groups in total. The molecule has 3 aromatic rings. The van der Waals surface area contributed by atoms with Gasteiger partial charge in [0.05, 0.1) is 12.0 Å². The van der Waals surface area contributed by atoms with Crippen LogP contribution in [-0.2, 0) is 21.2 Å². The summed E-state index contributed by atoms with van der Waals surface area (Å²) in [6.45, 7) is 3.49. The Morgan fingerprint density at radius 3 is 2.46 bits per heavy atom. The summed E-state index contributed by atoms with van der Waals surface area (Å²) in [6, 6.07) is 15.8. The number of carboxylic acids is 1. The fourth-order valence-corrected chi connectivity index (χ4v) is 6.04. The van der Waals surface area contributed by atoms with E-state index in [0.29, 0.717) is 18.6 Å². The molecule has 0 spiro atoms. The first-order valence-corrected chi connectivity index (χ1v) is 12.9. The lowest BCUT2D eigenvalue weighted by Crippen LogP contribution is -2.31. The van der Waals surface area contributed by atoms with Crippen molar-refractivity contribution in [2.75, 3.05) is 13.7 Å². The van der Waals surface area contributed by atoms with Gasteiger partial charge in [-0.05, 0) is 96.8 Å². The minimum Gasteiger partial charge on any atom is -0.496 e. The molecule has 0 saturated carbocycles. The maximum atomic E-state index is 13.4. The molecule has 1 atom stereocenters. The minimum absolute atomic E-state index is 0.187. The van der Waals surface area contributed by atoms with Crippen LogP contribution in [0.2, 0.25) is 0 Å². The Kier molecular flexibility index (Phi) is 7.14. The van der Waals surface area contributed by atoms with Crippen LogP contribution in [0.4, 0.5) is 0 Å². The van der Waals surface area contributed by atoms with Crippen LogP contribution in [0.5, 0.6) is 11.5 Å². The van der Waals surface area contributed by atoms with E-state index in [-0.39, 0.29) is 4.90 Å². The molecule has 1 aliphatic rings. The van der Waals surface area contributed by atoms with Gasteiger partial charge in [-0.1, -0.05) is 24.3 Å². The quantitative estimate of drug-likeness (QED) is 0.466. The fraction of sp³-hybridized carbons (Fsp3) is 0.296. The molecule has 0 bridgehead atoms. The highest BCUT2D eigenvalue weighted by atomic mass is 32.2. The molecule has 8 heteroatoms. The fourth-order valence-electron chi connectivity index (χ4n) is 4.75. The molecule has 4 rings (SSSR count). The monoisotopic (exact) mass is 495 g/mol. The van der Waals surface area contributed by atoms with Crippen LogP contribution in [0.3, 0.4) is 0 Å². The second-order valence-electron chi connectivity index (χ2n) is 8.74. The largest absolute Gasteiger partial charge is 0.496 e.